The predicted molar refractivity (Wildman–Crippen MR) is 61.5 cm³/mol. The average molecular weight is 219 g/mol. The van der Waals surface area contributed by atoms with E-state index in [1.165, 1.54) is 4.68 Å². The van der Waals surface area contributed by atoms with Crippen LogP contribution in [0.4, 0.5) is 5.69 Å². The normalized spacial score (nSPS) is 10.6. The number of methoxy groups -OCH3 is 1. The molecule has 0 radical (unpaired) electrons. The van der Waals surface area contributed by atoms with E-state index in [9.17, 15) is 4.79 Å². The molecule has 0 fully saturated rings. The molecule has 3 N–H and O–H groups in total. The van der Waals surface area contributed by atoms with Crippen LogP contribution in [0.25, 0.3) is 5.69 Å². The van der Waals surface area contributed by atoms with Crippen LogP contribution in [0.3, 0.4) is 0 Å². The lowest BCUT2D eigenvalue weighted by Crippen LogP contribution is -2.16. The minimum atomic E-state index is -0.252. The van der Waals surface area contributed by atoms with E-state index in [1.54, 1.807) is 7.11 Å². The van der Waals surface area contributed by atoms with Crippen molar-refractivity contribution in [2.75, 3.05) is 12.8 Å². The molecule has 0 atom stereocenters. The number of ether oxygens (including phenoxy) is 1. The highest BCUT2D eigenvalue weighted by atomic mass is 16.5. The first kappa shape index (κ1) is 10.5. The van der Waals surface area contributed by atoms with E-state index in [0.717, 1.165) is 5.69 Å². The summed E-state index contributed by atoms with van der Waals surface area (Å²) in [6, 6.07) is 9.25. The maximum absolute atomic E-state index is 11.8. The lowest BCUT2D eigenvalue weighted by Gasteiger charge is -2.00. The van der Waals surface area contributed by atoms with Crippen molar-refractivity contribution in [3.05, 3.63) is 46.4 Å². The van der Waals surface area contributed by atoms with Gasteiger partial charge in [0.25, 0.3) is 5.56 Å². The molecule has 5 heteroatoms. The third-order valence-electron chi connectivity index (χ3n) is 2.31. The van der Waals surface area contributed by atoms with E-state index in [4.69, 9.17) is 10.5 Å². The Morgan fingerprint density at radius 3 is 2.69 bits per heavy atom. The second-order valence-corrected chi connectivity index (χ2v) is 3.41. The molecule has 2 aromatic rings. The van der Waals surface area contributed by atoms with Crippen LogP contribution in [-0.4, -0.2) is 16.9 Å². The Labute approximate surface area is 92.4 Å². The molecule has 5 nitrogen and oxygen atoms in total. The van der Waals surface area contributed by atoms with Gasteiger partial charge in [-0.1, -0.05) is 18.2 Å². The van der Waals surface area contributed by atoms with Crippen molar-refractivity contribution >= 4 is 5.69 Å². The zero-order valence-electron chi connectivity index (χ0n) is 8.93. The van der Waals surface area contributed by atoms with Crippen molar-refractivity contribution in [2.24, 2.45) is 0 Å². The molecule has 1 aromatic carbocycles. The van der Waals surface area contributed by atoms with E-state index in [1.807, 2.05) is 30.3 Å². The largest absolute Gasteiger partial charge is 0.393 e. The molecule has 1 heterocycles. The number of para-hydroxylation sites is 1. The Balaban J connectivity index is 2.51. The number of hydrogen-bond acceptors (Lipinski definition) is 3. The SMILES string of the molecule is COCc1[nH]n(-c2ccccc2)c(=O)c1N. The van der Waals surface area contributed by atoms with Crippen molar-refractivity contribution in [1.29, 1.82) is 0 Å². The molecule has 16 heavy (non-hydrogen) atoms. The van der Waals surface area contributed by atoms with Crippen molar-refractivity contribution in [1.82, 2.24) is 9.78 Å². The lowest BCUT2D eigenvalue weighted by molar-refractivity contribution is 0.181. The van der Waals surface area contributed by atoms with Gasteiger partial charge < -0.3 is 10.5 Å². The number of aromatic amines is 1. The molecule has 0 aliphatic heterocycles. The Bertz CT molecular complexity index is 528. The number of aromatic nitrogens is 2. The molecule has 0 aliphatic rings. The van der Waals surface area contributed by atoms with Crippen molar-refractivity contribution in [3.63, 3.8) is 0 Å². The van der Waals surface area contributed by atoms with Crippen molar-refractivity contribution in [2.45, 2.75) is 6.61 Å². The third-order valence-corrected chi connectivity index (χ3v) is 2.31. The Kier molecular flexibility index (Phi) is 2.78. The maximum Gasteiger partial charge on any atom is 0.294 e. The fourth-order valence-corrected chi connectivity index (χ4v) is 1.51. The molecule has 0 saturated carbocycles. The highest BCUT2D eigenvalue weighted by Crippen LogP contribution is 2.09. The number of nitrogen functional groups attached to an aromatic ring is 1. The predicted octanol–water partition coefficient (Wildman–Crippen LogP) is 0.894. The van der Waals surface area contributed by atoms with Gasteiger partial charge in [0.1, 0.15) is 5.69 Å². The van der Waals surface area contributed by atoms with Gasteiger partial charge >= 0.3 is 0 Å². The molecule has 0 spiro atoms. The molecular formula is C11H13N3O2. The minimum absolute atomic E-state index is 0.200. The fraction of sp³-hybridized carbons (Fsp3) is 0.182. The van der Waals surface area contributed by atoms with Gasteiger partial charge in [-0.15, -0.1) is 0 Å². The highest BCUT2D eigenvalue weighted by molar-refractivity contribution is 5.44. The average Bonchev–Trinajstić information content (AvgIpc) is 2.59. The highest BCUT2D eigenvalue weighted by Gasteiger charge is 2.11. The maximum atomic E-state index is 11.8. The lowest BCUT2D eigenvalue weighted by atomic mass is 10.3. The summed E-state index contributed by atoms with van der Waals surface area (Å²) in [5, 5.41) is 2.92. The van der Waals surface area contributed by atoms with Crippen molar-refractivity contribution < 1.29 is 4.74 Å². The summed E-state index contributed by atoms with van der Waals surface area (Å²) in [6.45, 7) is 0.293. The molecule has 84 valence electrons. The Morgan fingerprint density at radius 1 is 1.38 bits per heavy atom. The van der Waals surface area contributed by atoms with Gasteiger partial charge in [-0.25, -0.2) is 4.68 Å². The zero-order chi connectivity index (χ0) is 11.5. The topological polar surface area (TPSA) is 73.0 Å². The van der Waals surface area contributed by atoms with E-state index >= 15 is 0 Å². The van der Waals surface area contributed by atoms with Gasteiger partial charge in [-0.3, -0.25) is 9.89 Å². The number of anilines is 1. The second-order valence-electron chi connectivity index (χ2n) is 3.41. The molecule has 0 saturated heterocycles. The number of nitrogens with one attached hydrogen (secondary N) is 1. The molecule has 0 unspecified atom stereocenters. The van der Waals surface area contributed by atoms with E-state index < -0.39 is 0 Å². The fourth-order valence-electron chi connectivity index (χ4n) is 1.51. The van der Waals surface area contributed by atoms with Gasteiger partial charge in [0.15, 0.2) is 0 Å². The van der Waals surface area contributed by atoms with Crippen LogP contribution in [0, 0.1) is 0 Å². The number of H-pyrrole nitrogens is 1. The molecule has 0 bridgehead atoms. The smallest absolute Gasteiger partial charge is 0.294 e. The second kappa shape index (κ2) is 4.24. The number of nitrogens with two attached hydrogens (primary N) is 1. The summed E-state index contributed by atoms with van der Waals surface area (Å²) in [5.74, 6) is 0. The standard InChI is InChI=1S/C11H13N3O2/c1-16-7-9-10(12)11(15)14(13-9)8-5-3-2-4-6-8/h2-6,13H,7,12H2,1H3. The monoisotopic (exact) mass is 219 g/mol. The summed E-state index contributed by atoms with van der Waals surface area (Å²) < 4.78 is 6.36. The first-order valence-electron chi connectivity index (χ1n) is 4.87. The molecular weight excluding hydrogens is 206 g/mol. The van der Waals surface area contributed by atoms with Crippen LogP contribution in [0.15, 0.2) is 35.1 Å². The van der Waals surface area contributed by atoms with E-state index in [0.29, 0.717) is 12.3 Å². The third kappa shape index (κ3) is 1.72. The van der Waals surface area contributed by atoms with Crippen LogP contribution in [0.2, 0.25) is 0 Å². The first-order chi connectivity index (χ1) is 7.74. The summed E-state index contributed by atoms with van der Waals surface area (Å²) in [6.07, 6.45) is 0. The number of nitrogens with zero attached hydrogens (tertiary/aromatic N) is 1. The molecule has 2 rings (SSSR count). The number of rotatable bonds is 3. The number of benzene rings is 1. The van der Waals surface area contributed by atoms with Gasteiger partial charge in [-0.2, -0.15) is 0 Å². The molecule has 1 aromatic heterocycles. The Hall–Kier alpha value is -2.01. The number of hydrogen-bond donors (Lipinski definition) is 2. The van der Waals surface area contributed by atoms with Crippen LogP contribution in [0.5, 0.6) is 0 Å². The van der Waals surface area contributed by atoms with Crippen LogP contribution >= 0.6 is 0 Å². The summed E-state index contributed by atoms with van der Waals surface area (Å²) in [4.78, 5) is 11.8. The quantitative estimate of drug-likeness (QED) is 0.805. The minimum Gasteiger partial charge on any atom is -0.393 e. The molecule has 0 amide bonds. The first-order valence-corrected chi connectivity index (χ1v) is 4.87. The summed E-state index contributed by atoms with van der Waals surface area (Å²) >= 11 is 0. The van der Waals surface area contributed by atoms with Gasteiger partial charge in [0.05, 0.1) is 18.0 Å². The summed E-state index contributed by atoms with van der Waals surface area (Å²) in [5.41, 5.74) is 6.98. The zero-order valence-corrected chi connectivity index (χ0v) is 8.93. The van der Waals surface area contributed by atoms with Gasteiger partial charge in [-0.05, 0) is 12.1 Å². The van der Waals surface area contributed by atoms with E-state index in [-0.39, 0.29) is 11.2 Å². The van der Waals surface area contributed by atoms with Crippen molar-refractivity contribution in [3.8, 4) is 5.69 Å². The van der Waals surface area contributed by atoms with Gasteiger partial charge in [0.2, 0.25) is 0 Å². The van der Waals surface area contributed by atoms with Gasteiger partial charge in [0, 0.05) is 7.11 Å². The Morgan fingerprint density at radius 2 is 2.06 bits per heavy atom. The van der Waals surface area contributed by atoms with Crippen LogP contribution in [0.1, 0.15) is 5.69 Å². The summed E-state index contributed by atoms with van der Waals surface area (Å²) in [7, 11) is 1.55. The van der Waals surface area contributed by atoms with E-state index in [2.05, 4.69) is 5.10 Å². The van der Waals surface area contributed by atoms with Crippen LogP contribution in [-0.2, 0) is 11.3 Å². The molecule has 0 aliphatic carbocycles. The van der Waals surface area contributed by atoms with Crippen LogP contribution < -0.4 is 11.3 Å².